The maximum atomic E-state index is 12.9. The second-order valence-corrected chi connectivity index (χ2v) is 9.45. The number of likely N-dealkylation sites (tertiary alicyclic amines) is 1. The molecule has 140 valence electrons. The first kappa shape index (κ1) is 18.2. The number of aryl methyl sites for hydroxylation is 3. The highest BCUT2D eigenvalue weighted by molar-refractivity contribution is 8.00. The predicted molar refractivity (Wildman–Crippen MR) is 109 cm³/mol. The summed E-state index contributed by atoms with van der Waals surface area (Å²) < 4.78 is 0. The highest BCUT2D eigenvalue weighted by Gasteiger charge is 2.26. The van der Waals surface area contributed by atoms with Crippen LogP contribution in [0.5, 0.6) is 0 Å². The Hall–Kier alpha value is -1.14. The molecule has 1 fully saturated rings. The van der Waals surface area contributed by atoms with Gasteiger partial charge in [0.15, 0.2) is 0 Å². The molecule has 4 rings (SSSR count). The van der Waals surface area contributed by atoms with Crippen LogP contribution in [0.3, 0.4) is 0 Å². The monoisotopic (exact) mass is 389 g/mol. The molecule has 2 aromatic rings. The van der Waals surface area contributed by atoms with Gasteiger partial charge < -0.3 is 4.90 Å². The van der Waals surface area contributed by atoms with E-state index in [9.17, 15) is 4.79 Å². The van der Waals surface area contributed by atoms with Crippen molar-refractivity contribution in [3.8, 4) is 0 Å². The Morgan fingerprint density at radius 3 is 2.92 bits per heavy atom. The van der Waals surface area contributed by atoms with Crippen LogP contribution in [0.4, 0.5) is 0 Å². The number of thioether (sulfide) groups is 1. The zero-order chi connectivity index (χ0) is 18.1. The van der Waals surface area contributed by atoms with E-state index in [0.29, 0.717) is 11.8 Å². The molecule has 4 nitrogen and oxygen atoms in total. The Morgan fingerprint density at radius 1 is 1.23 bits per heavy atom. The average Bonchev–Trinajstić information content (AvgIpc) is 3.03. The first-order valence-electron chi connectivity index (χ1n) is 9.88. The van der Waals surface area contributed by atoms with Crippen molar-refractivity contribution in [2.75, 3.05) is 12.3 Å². The lowest BCUT2D eigenvalue weighted by atomic mass is 9.97. The summed E-state index contributed by atoms with van der Waals surface area (Å²) in [6, 6.07) is 0.429. The van der Waals surface area contributed by atoms with Gasteiger partial charge >= 0.3 is 0 Å². The number of hydrogen-bond donors (Lipinski definition) is 0. The molecule has 0 N–H and O–H groups in total. The Kier molecular flexibility index (Phi) is 5.50. The topological polar surface area (TPSA) is 46.1 Å². The zero-order valence-electron chi connectivity index (χ0n) is 15.7. The van der Waals surface area contributed by atoms with Crippen molar-refractivity contribution in [2.24, 2.45) is 0 Å². The lowest BCUT2D eigenvalue weighted by molar-refractivity contribution is -0.132. The second kappa shape index (κ2) is 7.85. The number of nitrogens with zero attached hydrogens (tertiary/aromatic N) is 3. The molecule has 2 aromatic heterocycles. The molecule has 3 heterocycles. The van der Waals surface area contributed by atoms with Gasteiger partial charge in [-0.2, -0.15) is 0 Å². The number of thiophene rings is 1. The molecule has 0 unspecified atom stereocenters. The molecular formula is C20H27N3OS2. The van der Waals surface area contributed by atoms with Crippen molar-refractivity contribution in [1.82, 2.24) is 14.9 Å². The van der Waals surface area contributed by atoms with E-state index in [1.54, 1.807) is 11.8 Å². The van der Waals surface area contributed by atoms with Crippen LogP contribution in [-0.2, 0) is 17.6 Å². The molecule has 1 amide bonds. The minimum Gasteiger partial charge on any atom is -0.339 e. The summed E-state index contributed by atoms with van der Waals surface area (Å²) in [5.41, 5.74) is 1.45. The largest absolute Gasteiger partial charge is 0.339 e. The number of hydrogen-bond acceptors (Lipinski definition) is 5. The first-order valence-corrected chi connectivity index (χ1v) is 11.7. The average molecular weight is 390 g/mol. The minimum atomic E-state index is 0.273. The summed E-state index contributed by atoms with van der Waals surface area (Å²) in [5, 5.41) is 2.25. The lowest BCUT2D eigenvalue weighted by Crippen LogP contribution is -2.44. The molecule has 1 saturated heterocycles. The van der Waals surface area contributed by atoms with Crippen molar-refractivity contribution in [2.45, 2.75) is 76.3 Å². The Morgan fingerprint density at radius 2 is 2.08 bits per heavy atom. The second-order valence-electron chi connectivity index (χ2n) is 7.40. The molecule has 1 aliphatic carbocycles. The van der Waals surface area contributed by atoms with Gasteiger partial charge in [-0.1, -0.05) is 18.7 Å². The Labute approximate surface area is 163 Å². The SMILES string of the molecule is CC[C@@H]1CCCCN1C(=O)CSc1nc(C)nc2sc3c(c12)CCCC3. The molecule has 1 aliphatic heterocycles. The molecule has 6 heteroatoms. The third-order valence-corrected chi connectivity index (χ3v) is 7.79. The smallest absolute Gasteiger partial charge is 0.233 e. The molecule has 0 bridgehead atoms. The fourth-order valence-corrected chi connectivity index (χ4v) is 6.65. The number of carbonyl (C=O) groups is 1. The molecule has 0 radical (unpaired) electrons. The lowest BCUT2D eigenvalue weighted by Gasteiger charge is -2.35. The van der Waals surface area contributed by atoms with Gasteiger partial charge in [0, 0.05) is 22.8 Å². The summed E-state index contributed by atoms with van der Waals surface area (Å²) >= 11 is 3.45. The van der Waals surface area contributed by atoms with Crippen molar-refractivity contribution < 1.29 is 4.79 Å². The van der Waals surface area contributed by atoms with Gasteiger partial charge in [-0.25, -0.2) is 9.97 Å². The van der Waals surface area contributed by atoms with Crippen LogP contribution < -0.4 is 0 Å². The van der Waals surface area contributed by atoms with E-state index in [4.69, 9.17) is 4.98 Å². The number of amides is 1. The summed E-state index contributed by atoms with van der Waals surface area (Å²) in [7, 11) is 0. The molecule has 0 spiro atoms. The normalized spacial score (nSPS) is 20.4. The van der Waals surface area contributed by atoms with Gasteiger partial charge in [-0.3, -0.25) is 4.79 Å². The van der Waals surface area contributed by atoms with E-state index < -0.39 is 0 Å². The van der Waals surface area contributed by atoms with Gasteiger partial charge in [0.05, 0.1) is 5.75 Å². The maximum Gasteiger partial charge on any atom is 0.233 e. The summed E-state index contributed by atoms with van der Waals surface area (Å²) in [6.45, 7) is 5.07. The Balaban J connectivity index is 1.57. The minimum absolute atomic E-state index is 0.273. The number of rotatable bonds is 4. The van der Waals surface area contributed by atoms with Crippen LogP contribution in [0.2, 0.25) is 0 Å². The van der Waals surface area contributed by atoms with Crippen molar-refractivity contribution in [1.29, 1.82) is 0 Å². The fourth-order valence-electron chi connectivity index (χ4n) is 4.30. The molecule has 2 aliphatic rings. The van der Waals surface area contributed by atoms with Crippen LogP contribution >= 0.6 is 23.1 Å². The van der Waals surface area contributed by atoms with Gasteiger partial charge in [-0.15, -0.1) is 11.3 Å². The van der Waals surface area contributed by atoms with Crippen LogP contribution in [0.1, 0.15) is 61.7 Å². The van der Waals surface area contributed by atoms with Crippen molar-refractivity contribution in [3.63, 3.8) is 0 Å². The van der Waals surface area contributed by atoms with Crippen LogP contribution in [0, 0.1) is 6.92 Å². The molecule has 0 aromatic carbocycles. The third-order valence-electron chi connectivity index (χ3n) is 5.64. The summed E-state index contributed by atoms with van der Waals surface area (Å²) in [5.74, 6) is 1.58. The summed E-state index contributed by atoms with van der Waals surface area (Å²) in [4.78, 5) is 27.0. The van der Waals surface area contributed by atoms with Gasteiger partial charge in [0.2, 0.25) is 5.91 Å². The maximum absolute atomic E-state index is 12.9. The number of aromatic nitrogens is 2. The van der Waals surface area contributed by atoms with Crippen LogP contribution in [0.15, 0.2) is 5.03 Å². The highest BCUT2D eigenvalue weighted by atomic mass is 32.2. The van der Waals surface area contributed by atoms with E-state index in [2.05, 4.69) is 16.8 Å². The van der Waals surface area contributed by atoms with E-state index in [1.165, 1.54) is 41.5 Å². The third kappa shape index (κ3) is 3.50. The van der Waals surface area contributed by atoms with Gasteiger partial charge in [0.25, 0.3) is 0 Å². The summed E-state index contributed by atoms with van der Waals surface area (Å²) in [6.07, 6.45) is 9.44. The molecule has 26 heavy (non-hydrogen) atoms. The molecule has 1 atom stereocenters. The van der Waals surface area contributed by atoms with Crippen LogP contribution in [-0.4, -0.2) is 39.1 Å². The van der Waals surface area contributed by atoms with Crippen molar-refractivity contribution >= 4 is 39.2 Å². The highest BCUT2D eigenvalue weighted by Crippen LogP contribution is 2.39. The van der Waals surface area contributed by atoms with Gasteiger partial charge in [0.1, 0.15) is 15.7 Å². The number of fused-ring (bicyclic) bond motifs is 3. The fraction of sp³-hybridized carbons (Fsp3) is 0.650. The predicted octanol–water partition coefficient (Wildman–Crippen LogP) is 4.76. The number of carbonyl (C=O) groups excluding carboxylic acids is 1. The van der Waals surface area contributed by atoms with Gasteiger partial charge in [-0.05, 0) is 63.9 Å². The quantitative estimate of drug-likeness (QED) is 0.559. The van der Waals surface area contributed by atoms with E-state index >= 15 is 0 Å². The zero-order valence-corrected chi connectivity index (χ0v) is 17.3. The van der Waals surface area contributed by atoms with Crippen LogP contribution in [0.25, 0.3) is 10.2 Å². The standard InChI is InChI=1S/C20H27N3OS2/c1-3-14-8-6-7-11-23(14)17(24)12-25-19-18-15-9-4-5-10-16(15)26-20(18)22-13(2)21-19/h14H,3-12H2,1-2H3/t14-/m1/s1. The molecular weight excluding hydrogens is 362 g/mol. The van der Waals surface area contributed by atoms with E-state index in [0.717, 1.165) is 47.9 Å². The first-order chi connectivity index (χ1) is 12.7. The van der Waals surface area contributed by atoms with E-state index in [1.807, 2.05) is 18.3 Å². The molecule has 0 saturated carbocycles. The Bertz CT molecular complexity index is 817. The van der Waals surface area contributed by atoms with E-state index in [-0.39, 0.29) is 5.91 Å². The number of piperidine rings is 1. The van der Waals surface area contributed by atoms with Crippen molar-refractivity contribution in [3.05, 3.63) is 16.3 Å².